The molecule has 1 aliphatic rings. The van der Waals surface area contributed by atoms with Crippen LogP contribution in [-0.4, -0.2) is 54.4 Å². The Balaban J connectivity index is 2.23. The lowest BCUT2D eigenvalue weighted by atomic mass is 10.2. The van der Waals surface area contributed by atoms with Crippen LogP contribution in [0, 0.1) is 0 Å². The van der Waals surface area contributed by atoms with E-state index in [4.69, 9.17) is 0 Å². The minimum absolute atomic E-state index is 0.170. The molecule has 10 heteroatoms. The Morgan fingerprint density at radius 3 is 2.77 bits per heavy atom. The van der Waals surface area contributed by atoms with E-state index in [1.165, 1.54) is 4.31 Å². The molecule has 1 atom stereocenters. The molecule has 0 bridgehead atoms. The van der Waals surface area contributed by atoms with E-state index in [2.05, 4.69) is 10.4 Å². The van der Waals surface area contributed by atoms with Gasteiger partial charge < -0.3 is 5.32 Å². The lowest BCUT2D eigenvalue weighted by Crippen LogP contribution is -2.41. The van der Waals surface area contributed by atoms with Crippen LogP contribution in [0.25, 0.3) is 0 Å². The van der Waals surface area contributed by atoms with Crippen LogP contribution in [-0.2, 0) is 16.6 Å². The number of hydrogen-bond donors (Lipinski definition) is 1. The monoisotopic (exact) mass is 340 g/mol. The van der Waals surface area contributed by atoms with E-state index < -0.39 is 22.7 Å². The summed E-state index contributed by atoms with van der Waals surface area (Å²) in [6, 6.07) is -0.170. The van der Waals surface area contributed by atoms with E-state index in [1.807, 2.05) is 6.92 Å². The summed E-state index contributed by atoms with van der Waals surface area (Å²) in [5, 5.41) is 6.61. The van der Waals surface area contributed by atoms with Crippen LogP contribution in [0.15, 0.2) is 17.3 Å². The largest absolute Gasteiger partial charge is 0.408 e. The predicted octanol–water partition coefficient (Wildman–Crippen LogP) is 1.21. The van der Waals surface area contributed by atoms with E-state index in [9.17, 15) is 21.6 Å². The van der Waals surface area contributed by atoms with Crippen LogP contribution < -0.4 is 5.32 Å². The highest BCUT2D eigenvalue weighted by molar-refractivity contribution is 7.89. The van der Waals surface area contributed by atoms with Crippen LogP contribution in [0.3, 0.4) is 0 Å². The standard InChI is InChI=1S/C12H19F3N4O2S/c1-2-5-19(10-3-4-16-6-10)22(20,21)11-7-17-18(8-11)9-12(13,14)15/h7-8,10,16H,2-6,9H2,1H3. The van der Waals surface area contributed by atoms with Gasteiger partial charge in [-0.3, -0.25) is 4.68 Å². The molecular formula is C12H19F3N4O2S. The highest BCUT2D eigenvalue weighted by Crippen LogP contribution is 2.23. The zero-order chi connectivity index (χ0) is 16.4. The molecule has 6 nitrogen and oxygen atoms in total. The van der Waals surface area contributed by atoms with Crippen LogP contribution in [0.2, 0.25) is 0 Å². The molecule has 1 unspecified atom stereocenters. The Hall–Kier alpha value is -1.13. The van der Waals surface area contributed by atoms with Crippen molar-refractivity contribution in [2.24, 2.45) is 0 Å². The Morgan fingerprint density at radius 2 is 2.23 bits per heavy atom. The number of alkyl halides is 3. The molecular weight excluding hydrogens is 321 g/mol. The third-order valence-electron chi connectivity index (χ3n) is 3.44. The van der Waals surface area contributed by atoms with Crippen LogP contribution in [0.5, 0.6) is 0 Å². The summed E-state index contributed by atoms with van der Waals surface area (Å²) in [7, 11) is -3.84. The molecule has 0 radical (unpaired) electrons. The van der Waals surface area contributed by atoms with Crippen molar-refractivity contribution in [3.63, 3.8) is 0 Å². The van der Waals surface area contributed by atoms with Gasteiger partial charge in [0.05, 0.1) is 6.20 Å². The van der Waals surface area contributed by atoms with E-state index >= 15 is 0 Å². The highest BCUT2D eigenvalue weighted by Gasteiger charge is 2.34. The quantitative estimate of drug-likeness (QED) is 0.845. The second-order valence-corrected chi connectivity index (χ2v) is 7.14. The number of nitrogens with one attached hydrogen (secondary N) is 1. The second-order valence-electron chi connectivity index (χ2n) is 5.25. The molecule has 2 heterocycles. The molecule has 1 saturated heterocycles. The van der Waals surface area contributed by atoms with Gasteiger partial charge in [0.2, 0.25) is 10.0 Å². The fourth-order valence-corrected chi connectivity index (χ4v) is 4.19. The number of halogens is 3. The smallest absolute Gasteiger partial charge is 0.315 e. The molecule has 1 aromatic rings. The van der Waals surface area contributed by atoms with E-state index in [0.29, 0.717) is 30.6 Å². The summed E-state index contributed by atoms with van der Waals surface area (Å²) >= 11 is 0. The van der Waals surface area contributed by atoms with Crippen molar-refractivity contribution < 1.29 is 21.6 Å². The van der Waals surface area contributed by atoms with Gasteiger partial charge in [0.1, 0.15) is 11.4 Å². The van der Waals surface area contributed by atoms with E-state index in [0.717, 1.165) is 18.9 Å². The van der Waals surface area contributed by atoms with Crippen LogP contribution in [0.1, 0.15) is 19.8 Å². The minimum atomic E-state index is -4.44. The minimum Gasteiger partial charge on any atom is -0.315 e. The maximum Gasteiger partial charge on any atom is 0.408 e. The first kappa shape index (κ1) is 17.2. The molecule has 0 aromatic carbocycles. The van der Waals surface area contributed by atoms with Crippen molar-refractivity contribution in [2.45, 2.75) is 43.4 Å². The van der Waals surface area contributed by atoms with Gasteiger partial charge in [0.15, 0.2) is 0 Å². The van der Waals surface area contributed by atoms with Gasteiger partial charge in [0.25, 0.3) is 0 Å². The molecule has 1 N–H and O–H groups in total. The lowest BCUT2D eigenvalue weighted by Gasteiger charge is -2.26. The molecule has 2 rings (SSSR count). The van der Waals surface area contributed by atoms with Crippen molar-refractivity contribution in [3.8, 4) is 0 Å². The van der Waals surface area contributed by atoms with Gasteiger partial charge in [0, 0.05) is 25.3 Å². The summed E-state index contributed by atoms with van der Waals surface area (Å²) in [4.78, 5) is -0.197. The summed E-state index contributed by atoms with van der Waals surface area (Å²) in [5.74, 6) is 0. The molecule has 1 aliphatic heterocycles. The van der Waals surface area contributed by atoms with Gasteiger partial charge in [-0.25, -0.2) is 8.42 Å². The molecule has 0 spiro atoms. The molecule has 126 valence electrons. The predicted molar refractivity (Wildman–Crippen MR) is 73.7 cm³/mol. The van der Waals surface area contributed by atoms with Crippen LogP contribution in [0.4, 0.5) is 13.2 Å². The van der Waals surface area contributed by atoms with Gasteiger partial charge in [-0.05, 0) is 19.4 Å². The third kappa shape index (κ3) is 3.99. The Labute approximate surface area is 127 Å². The summed E-state index contributed by atoms with van der Waals surface area (Å²) in [6.07, 6.45) is -1.20. The average Bonchev–Trinajstić information content (AvgIpc) is 3.04. The first-order valence-electron chi connectivity index (χ1n) is 7.06. The summed E-state index contributed by atoms with van der Waals surface area (Å²) in [5.41, 5.74) is 0. The number of aromatic nitrogens is 2. The number of nitrogens with zero attached hydrogens (tertiary/aromatic N) is 3. The van der Waals surface area contributed by atoms with E-state index in [-0.39, 0.29) is 10.9 Å². The number of sulfonamides is 1. The average molecular weight is 340 g/mol. The van der Waals surface area contributed by atoms with Gasteiger partial charge >= 0.3 is 6.18 Å². The van der Waals surface area contributed by atoms with Crippen LogP contribution >= 0.6 is 0 Å². The summed E-state index contributed by atoms with van der Waals surface area (Å²) in [6.45, 7) is 2.17. The SMILES string of the molecule is CCCN(C1CCNC1)S(=O)(=O)c1cnn(CC(F)(F)F)c1. The maximum atomic E-state index is 12.7. The van der Waals surface area contributed by atoms with Gasteiger partial charge in [-0.2, -0.15) is 22.6 Å². The lowest BCUT2D eigenvalue weighted by molar-refractivity contribution is -0.142. The highest BCUT2D eigenvalue weighted by atomic mass is 32.2. The fourth-order valence-electron chi connectivity index (χ4n) is 2.49. The number of hydrogen-bond acceptors (Lipinski definition) is 4. The second kappa shape index (κ2) is 6.55. The van der Waals surface area contributed by atoms with Crippen molar-refractivity contribution in [1.82, 2.24) is 19.4 Å². The molecule has 0 amide bonds. The Morgan fingerprint density at radius 1 is 1.50 bits per heavy atom. The van der Waals surface area contributed by atoms with Crippen molar-refractivity contribution in [2.75, 3.05) is 19.6 Å². The Kier molecular flexibility index (Phi) is 5.13. The zero-order valence-corrected chi connectivity index (χ0v) is 13.0. The van der Waals surface area contributed by atoms with Gasteiger partial charge in [-0.1, -0.05) is 6.92 Å². The van der Waals surface area contributed by atoms with E-state index in [1.54, 1.807) is 0 Å². The fraction of sp³-hybridized carbons (Fsp3) is 0.750. The first-order valence-corrected chi connectivity index (χ1v) is 8.50. The molecule has 22 heavy (non-hydrogen) atoms. The van der Waals surface area contributed by atoms with Crippen molar-refractivity contribution in [1.29, 1.82) is 0 Å². The topological polar surface area (TPSA) is 67.2 Å². The van der Waals surface area contributed by atoms with Crippen molar-refractivity contribution in [3.05, 3.63) is 12.4 Å². The summed E-state index contributed by atoms with van der Waals surface area (Å²) < 4.78 is 64.3. The molecule has 1 fully saturated rings. The normalized spacial score (nSPS) is 20.0. The maximum absolute atomic E-state index is 12.7. The Bertz CT molecular complexity index is 594. The van der Waals surface area contributed by atoms with Crippen molar-refractivity contribution >= 4 is 10.0 Å². The molecule has 0 saturated carbocycles. The molecule has 0 aliphatic carbocycles. The van der Waals surface area contributed by atoms with Gasteiger partial charge in [-0.15, -0.1) is 0 Å². The zero-order valence-electron chi connectivity index (χ0n) is 12.2. The molecule has 1 aromatic heterocycles. The number of rotatable bonds is 6. The third-order valence-corrected chi connectivity index (χ3v) is 5.35. The first-order chi connectivity index (χ1) is 10.2.